The molecular weight excluding hydrogens is 579 g/mol. The molecule has 43 heavy (non-hydrogen) atoms. The van der Waals surface area contributed by atoms with Crippen molar-refractivity contribution in [2.24, 2.45) is 0 Å². The topological polar surface area (TPSA) is 108 Å². The number of rotatable bonds is 8. The number of carboxylic acids is 1. The number of aromatic nitrogens is 1. The first-order chi connectivity index (χ1) is 20.9. The molecule has 0 saturated carbocycles. The van der Waals surface area contributed by atoms with Crippen molar-refractivity contribution in [2.75, 3.05) is 10.6 Å². The first-order valence-electron chi connectivity index (χ1n) is 13.4. The average molecular weight is 604 g/mol. The Morgan fingerprint density at radius 1 is 0.814 bits per heavy atom. The minimum absolute atomic E-state index is 0.0625. The van der Waals surface area contributed by atoms with Crippen LogP contribution in [-0.2, 0) is 4.79 Å². The third-order valence-corrected chi connectivity index (χ3v) is 9.02. The highest BCUT2D eigenvalue weighted by molar-refractivity contribution is 8.00. The van der Waals surface area contributed by atoms with Gasteiger partial charge in [0.25, 0.3) is 5.91 Å². The number of aromatic carboxylic acids is 1. The van der Waals surface area contributed by atoms with Crippen molar-refractivity contribution in [3.8, 4) is 0 Å². The molecule has 0 spiro atoms. The van der Waals surface area contributed by atoms with E-state index in [2.05, 4.69) is 15.6 Å². The lowest BCUT2D eigenvalue weighted by molar-refractivity contribution is -0.115. The Morgan fingerprint density at radius 3 is 2.33 bits per heavy atom. The molecule has 0 aliphatic rings. The van der Waals surface area contributed by atoms with E-state index < -0.39 is 17.1 Å². The molecule has 0 fully saturated rings. The zero-order valence-electron chi connectivity index (χ0n) is 22.9. The number of fused-ring (bicyclic) bond motifs is 2. The summed E-state index contributed by atoms with van der Waals surface area (Å²) < 4.78 is 1.00. The number of carbonyl (C=O) groups is 3. The van der Waals surface area contributed by atoms with E-state index in [0.29, 0.717) is 21.6 Å². The highest BCUT2D eigenvalue weighted by Gasteiger charge is 2.24. The molecule has 0 bridgehead atoms. The number of hydrogen-bond acceptors (Lipinski definition) is 6. The maximum absolute atomic E-state index is 13.6. The standard InChI is InChI=1S/C34H25N3O4S2/c1-20-16-17-27-28(18-20)43-34(36-27)37-32(39)30(22-8-3-2-4-9-22)42-24-13-7-12-23(19-24)35-31(38)25-14-5-10-21-11-6-15-26(29(21)25)33(40)41/h2-19,30H,1H3,(H,35,38)(H,40,41)(H,36,37,39). The van der Waals surface area contributed by atoms with E-state index >= 15 is 0 Å². The summed E-state index contributed by atoms with van der Waals surface area (Å²) in [5, 5.41) is 16.6. The van der Waals surface area contributed by atoms with Gasteiger partial charge in [0.15, 0.2) is 5.13 Å². The van der Waals surface area contributed by atoms with Crippen molar-refractivity contribution in [2.45, 2.75) is 17.1 Å². The summed E-state index contributed by atoms with van der Waals surface area (Å²) >= 11 is 2.79. The maximum Gasteiger partial charge on any atom is 0.336 e. The van der Waals surface area contributed by atoms with Gasteiger partial charge in [0.1, 0.15) is 5.25 Å². The van der Waals surface area contributed by atoms with Crippen LogP contribution in [0, 0.1) is 6.92 Å². The SMILES string of the molecule is Cc1ccc2nc(NC(=O)C(Sc3cccc(NC(=O)c4cccc5cccc(C(=O)O)c45)c3)c3ccccc3)sc2c1. The van der Waals surface area contributed by atoms with Gasteiger partial charge in [0.05, 0.1) is 15.8 Å². The van der Waals surface area contributed by atoms with Crippen molar-refractivity contribution >= 4 is 72.7 Å². The van der Waals surface area contributed by atoms with Gasteiger partial charge in [0, 0.05) is 21.5 Å². The summed E-state index contributed by atoms with van der Waals surface area (Å²) in [4.78, 5) is 44.2. The Bertz CT molecular complexity index is 2000. The number of hydrogen-bond donors (Lipinski definition) is 3. The summed E-state index contributed by atoms with van der Waals surface area (Å²) in [5.74, 6) is -1.74. The van der Waals surface area contributed by atoms with Gasteiger partial charge in [-0.15, -0.1) is 11.8 Å². The minimum Gasteiger partial charge on any atom is -0.478 e. The third kappa shape index (κ3) is 6.13. The second kappa shape index (κ2) is 12.1. The fraction of sp³-hybridized carbons (Fsp3) is 0.0588. The zero-order valence-corrected chi connectivity index (χ0v) is 24.5. The molecule has 1 atom stereocenters. The Labute approximate surface area is 255 Å². The van der Waals surface area contributed by atoms with Crippen LogP contribution in [0.15, 0.2) is 114 Å². The monoisotopic (exact) mass is 603 g/mol. The Morgan fingerprint density at radius 2 is 1.56 bits per heavy atom. The number of nitrogens with zero attached hydrogens (tertiary/aromatic N) is 1. The average Bonchev–Trinajstić information content (AvgIpc) is 3.41. The number of thiazole rings is 1. The molecule has 7 nitrogen and oxygen atoms in total. The van der Waals surface area contributed by atoms with Gasteiger partial charge >= 0.3 is 5.97 Å². The molecule has 2 amide bonds. The maximum atomic E-state index is 13.6. The number of anilines is 2. The fourth-order valence-electron chi connectivity index (χ4n) is 4.85. The molecule has 0 aliphatic heterocycles. The lowest BCUT2D eigenvalue weighted by atomic mass is 9.98. The van der Waals surface area contributed by atoms with Gasteiger partial charge in [-0.2, -0.15) is 0 Å². The van der Waals surface area contributed by atoms with Gasteiger partial charge < -0.3 is 15.7 Å². The molecule has 6 rings (SSSR count). The molecule has 6 aromatic rings. The Balaban J connectivity index is 1.25. The van der Waals surface area contributed by atoms with Crippen LogP contribution >= 0.6 is 23.1 Å². The van der Waals surface area contributed by atoms with Crippen molar-refractivity contribution < 1.29 is 19.5 Å². The molecule has 0 aliphatic carbocycles. The Hall–Kier alpha value is -4.99. The normalized spacial score (nSPS) is 11.7. The first-order valence-corrected chi connectivity index (χ1v) is 15.1. The van der Waals surface area contributed by atoms with E-state index in [1.807, 2.05) is 61.5 Å². The lowest BCUT2D eigenvalue weighted by Crippen LogP contribution is -2.19. The van der Waals surface area contributed by atoms with Crippen LogP contribution < -0.4 is 10.6 Å². The predicted octanol–water partition coefficient (Wildman–Crippen LogP) is 8.18. The summed E-state index contributed by atoms with van der Waals surface area (Å²) in [6, 6.07) is 32.8. The molecule has 0 saturated heterocycles. The molecule has 212 valence electrons. The van der Waals surface area contributed by atoms with Gasteiger partial charge in [-0.3, -0.25) is 9.59 Å². The van der Waals surface area contributed by atoms with E-state index in [-0.39, 0.29) is 17.0 Å². The largest absolute Gasteiger partial charge is 0.478 e. The van der Waals surface area contributed by atoms with Crippen LogP contribution in [0.2, 0.25) is 0 Å². The van der Waals surface area contributed by atoms with E-state index in [1.54, 1.807) is 48.5 Å². The molecule has 9 heteroatoms. The van der Waals surface area contributed by atoms with Crippen molar-refractivity contribution in [3.05, 3.63) is 131 Å². The Kier molecular flexibility index (Phi) is 7.91. The smallest absolute Gasteiger partial charge is 0.336 e. The first kappa shape index (κ1) is 28.1. The van der Waals surface area contributed by atoms with Gasteiger partial charge in [-0.05, 0) is 65.9 Å². The number of nitrogens with one attached hydrogen (secondary N) is 2. The summed E-state index contributed by atoms with van der Waals surface area (Å²) in [6.45, 7) is 2.02. The summed E-state index contributed by atoms with van der Waals surface area (Å²) in [7, 11) is 0. The summed E-state index contributed by atoms with van der Waals surface area (Å²) in [5.41, 5.74) is 3.64. The molecule has 1 heterocycles. The quantitative estimate of drug-likeness (QED) is 0.151. The van der Waals surface area contributed by atoms with Gasteiger partial charge in [-0.25, -0.2) is 9.78 Å². The van der Waals surface area contributed by atoms with Crippen molar-refractivity contribution in [3.63, 3.8) is 0 Å². The second-order valence-corrected chi connectivity index (χ2v) is 12.1. The van der Waals surface area contributed by atoms with Crippen LogP contribution in [0.4, 0.5) is 10.8 Å². The number of carbonyl (C=O) groups excluding carboxylic acids is 2. The predicted molar refractivity (Wildman–Crippen MR) is 173 cm³/mol. The van der Waals surface area contributed by atoms with Crippen molar-refractivity contribution in [1.82, 2.24) is 4.98 Å². The highest BCUT2D eigenvalue weighted by Crippen LogP contribution is 2.38. The number of thioether (sulfide) groups is 1. The molecule has 1 aromatic heterocycles. The number of aryl methyl sites for hydroxylation is 1. The van der Waals surface area contributed by atoms with Crippen LogP contribution in [0.1, 0.15) is 37.1 Å². The number of amides is 2. The second-order valence-electron chi connectivity index (χ2n) is 9.88. The number of benzene rings is 5. The van der Waals surface area contributed by atoms with E-state index in [0.717, 1.165) is 26.2 Å². The fourth-order valence-corrected chi connectivity index (χ4v) is 6.90. The van der Waals surface area contributed by atoms with Crippen molar-refractivity contribution in [1.29, 1.82) is 0 Å². The molecule has 1 unspecified atom stereocenters. The van der Waals surface area contributed by atoms with Gasteiger partial charge in [0.2, 0.25) is 5.91 Å². The van der Waals surface area contributed by atoms with E-state index in [9.17, 15) is 19.5 Å². The highest BCUT2D eigenvalue weighted by atomic mass is 32.2. The molecule has 0 radical (unpaired) electrons. The van der Waals surface area contributed by atoms with Crippen LogP contribution in [0.5, 0.6) is 0 Å². The number of carboxylic acid groups (broad SMARTS) is 1. The molecule has 5 aromatic carbocycles. The van der Waals surface area contributed by atoms with Crippen LogP contribution in [0.3, 0.4) is 0 Å². The van der Waals surface area contributed by atoms with E-state index in [1.165, 1.54) is 29.2 Å². The van der Waals surface area contributed by atoms with Crippen LogP contribution in [-0.4, -0.2) is 27.9 Å². The lowest BCUT2D eigenvalue weighted by Gasteiger charge is -2.17. The molecule has 3 N–H and O–H groups in total. The van der Waals surface area contributed by atoms with Gasteiger partial charge in [-0.1, -0.05) is 78.1 Å². The molecular formula is C34H25N3O4S2. The van der Waals surface area contributed by atoms with Crippen LogP contribution in [0.25, 0.3) is 21.0 Å². The minimum atomic E-state index is -1.10. The van der Waals surface area contributed by atoms with E-state index in [4.69, 9.17) is 0 Å². The third-order valence-electron chi connectivity index (χ3n) is 6.84. The zero-order chi connectivity index (χ0) is 29.9. The summed E-state index contributed by atoms with van der Waals surface area (Å²) in [6.07, 6.45) is 0.